The summed E-state index contributed by atoms with van der Waals surface area (Å²) in [5.41, 5.74) is 1.34. The highest BCUT2D eigenvalue weighted by Crippen LogP contribution is 2.27. The Morgan fingerprint density at radius 3 is 2.83 bits per heavy atom. The fourth-order valence-electron chi connectivity index (χ4n) is 2.73. The van der Waals surface area contributed by atoms with Crippen molar-refractivity contribution in [1.82, 2.24) is 15.2 Å². The zero-order valence-corrected chi connectivity index (χ0v) is 13.3. The number of carbonyl (C=O) groups is 2. The van der Waals surface area contributed by atoms with Crippen LogP contribution in [-0.4, -0.2) is 44.4 Å². The highest BCUT2D eigenvalue weighted by molar-refractivity contribution is 5.95. The molecule has 1 saturated heterocycles. The molecule has 0 saturated carbocycles. The minimum atomic E-state index is -1.04. The first-order valence-electron chi connectivity index (χ1n) is 7.62. The number of aryl methyl sites for hydroxylation is 1. The van der Waals surface area contributed by atoms with Crippen molar-refractivity contribution >= 4 is 17.6 Å². The Labute approximate surface area is 138 Å². The summed E-state index contributed by atoms with van der Waals surface area (Å²) >= 11 is 0. The molecule has 1 amide bonds. The van der Waals surface area contributed by atoms with Gasteiger partial charge in [0.1, 0.15) is 11.9 Å². The number of amides is 1. The average Bonchev–Trinajstić information content (AvgIpc) is 3.13. The normalized spacial score (nSPS) is 23.2. The fraction of sp³-hybridized carbons (Fsp3) is 0.375. The predicted octanol–water partition coefficient (Wildman–Crippen LogP) is 1.60. The van der Waals surface area contributed by atoms with Crippen molar-refractivity contribution < 1.29 is 19.4 Å². The molecule has 2 heterocycles. The maximum absolute atomic E-state index is 12.3. The Bertz CT molecular complexity index is 773. The number of rotatable bonds is 4. The lowest BCUT2D eigenvalue weighted by molar-refractivity contribution is -0.152. The molecule has 8 nitrogen and oxygen atoms in total. The standard InChI is InChI=1S/C16H18N4O4/c1-8-6-12(24-13(8)16(22)23)15(21)18-11-5-3-4-10(7-11)14-17-9(2)19-20-14/h3-5,7-8,12-13H,6H2,1-2H3,(H,18,21)(H,22,23)(H,17,19,20)/t8-,12-,13-/m1/s1. The number of benzene rings is 1. The van der Waals surface area contributed by atoms with Crippen LogP contribution in [0.3, 0.4) is 0 Å². The van der Waals surface area contributed by atoms with Gasteiger partial charge in [0.15, 0.2) is 11.9 Å². The van der Waals surface area contributed by atoms with Crippen LogP contribution in [0, 0.1) is 12.8 Å². The molecule has 0 spiro atoms. The second-order valence-corrected chi connectivity index (χ2v) is 5.91. The molecule has 1 aliphatic heterocycles. The number of carbonyl (C=O) groups excluding carboxylic acids is 1. The van der Waals surface area contributed by atoms with Gasteiger partial charge in [-0.3, -0.25) is 9.89 Å². The number of carboxylic acids is 1. The zero-order valence-electron chi connectivity index (χ0n) is 13.3. The number of H-pyrrole nitrogens is 1. The minimum Gasteiger partial charge on any atom is -0.479 e. The molecule has 0 unspecified atom stereocenters. The summed E-state index contributed by atoms with van der Waals surface area (Å²) < 4.78 is 5.35. The van der Waals surface area contributed by atoms with E-state index in [1.807, 2.05) is 6.07 Å². The van der Waals surface area contributed by atoms with Gasteiger partial charge in [0.2, 0.25) is 0 Å². The van der Waals surface area contributed by atoms with Gasteiger partial charge in [0.05, 0.1) is 0 Å². The second-order valence-electron chi connectivity index (χ2n) is 5.91. The SMILES string of the molecule is Cc1nc(-c2cccc(NC(=O)[C@H]3C[C@@H](C)[C@H](C(=O)O)O3)c2)n[nH]1. The van der Waals surface area contributed by atoms with Crippen LogP contribution in [0.15, 0.2) is 24.3 Å². The summed E-state index contributed by atoms with van der Waals surface area (Å²) in [7, 11) is 0. The number of ether oxygens (including phenoxy) is 1. The first-order valence-corrected chi connectivity index (χ1v) is 7.62. The van der Waals surface area contributed by atoms with Crippen LogP contribution in [0.1, 0.15) is 19.2 Å². The Hall–Kier alpha value is -2.74. The third-order valence-corrected chi connectivity index (χ3v) is 3.93. The maximum Gasteiger partial charge on any atom is 0.333 e. The molecule has 8 heteroatoms. The second kappa shape index (κ2) is 6.40. The topological polar surface area (TPSA) is 117 Å². The number of aliphatic carboxylic acids is 1. The van der Waals surface area contributed by atoms with Crippen molar-refractivity contribution in [3.8, 4) is 11.4 Å². The number of hydrogen-bond donors (Lipinski definition) is 3. The molecule has 126 valence electrons. The first kappa shape index (κ1) is 16.1. The smallest absolute Gasteiger partial charge is 0.333 e. The number of nitrogens with one attached hydrogen (secondary N) is 2. The van der Waals surface area contributed by atoms with Gasteiger partial charge in [-0.25, -0.2) is 9.78 Å². The lowest BCUT2D eigenvalue weighted by Gasteiger charge is -2.12. The van der Waals surface area contributed by atoms with Gasteiger partial charge in [-0.15, -0.1) is 0 Å². The van der Waals surface area contributed by atoms with Gasteiger partial charge in [-0.1, -0.05) is 19.1 Å². The summed E-state index contributed by atoms with van der Waals surface area (Å²) in [5.74, 6) is -0.359. The van der Waals surface area contributed by atoms with Crippen LogP contribution in [0.4, 0.5) is 5.69 Å². The van der Waals surface area contributed by atoms with E-state index in [1.54, 1.807) is 32.0 Å². The number of nitrogens with zero attached hydrogens (tertiary/aromatic N) is 2. The largest absolute Gasteiger partial charge is 0.479 e. The van der Waals surface area contributed by atoms with Gasteiger partial charge in [-0.2, -0.15) is 5.10 Å². The van der Waals surface area contributed by atoms with Crippen molar-refractivity contribution in [2.45, 2.75) is 32.5 Å². The Kier molecular flexibility index (Phi) is 4.30. The van der Waals surface area contributed by atoms with Gasteiger partial charge in [-0.05, 0) is 31.4 Å². The van der Waals surface area contributed by atoms with E-state index in [4.69, 9.17) is 9.84 Å². The van der Waals surface area contributed by atoms with Crippen LogP contribution in [-0.2, 0) is 14.3 Å². The van der Waals surface area contributed by atoms with Crippen molar-refractivity contribution in [3.05, 3.63) is 30.1 Å². The quantitative estimate of drug-likeness (QED) is 0.784. The Morgan fingerprint density at radius 1 is 1.42 bits per heavy atom. The molecule has 0 bridgehead atoms. The molecule has 1 fully saturated rings. The number of carboxylic acid groups (broad SMARTS) is 1. The molecule has 24 heavy (non-hydrogen) atoms. The molecule has 3 rings (SSSR count). The van der Waals surface area contributed by atoms with E-state index in [0.717, 1.165) is 5.56 Å². The highest BCUT2D eigenvalue weighted by atomic mass is 16.5. The van der Waals surface area contributed by atoms with Crippen molar-refractivity contribution in [3.63, 3.8) is 0 Å². The molecule has 1 aromatic heterocycles. The molecule has 2 aromatic rings. The summed E-state index contributed by atoms with van der Waals surface area (Å²) in [6.45, 7) is 3.57. The fourth-order valence-corrected chi connectivity index (χ4v) is 2.73. The number of anilines is 1. The molecule has 0 radical (unpaired) electrons. The summed E-state index contributed by atoms with van der Waals surface area (Å²) in [4.78, 5) is 27.6. The van der Waals surface area contributed by atoms with Crippen LogP contribution in [0.25, 0.3) is 11.4 Å². The van der Waals surface area contributed by atoms with E-state index < -0.39 is 18.2 Å². The summed E-state index contributed by atoms with van der Waals surface area (Å²) in [6, 6.07) is 7.13. The first-order chi connectivity index (χ1) is 11.4. The third kappa shape index (κ3) is 3.28. The molecule has 1 aromatic carbocycles. The van der Waals surface area contributed by atoms with Crippen molar-refractivity contribution in [2.24, 2.45) is 5.92 Å². The maximum atomic E-state index is 12.3. The zero-order chi connectivity index (χ0) is 17.3. The van der Waals surface area contributed by atoms with Crippen LogP contribution >= 0.6 is 0 Å². The minimum absolute atomic E-state index is 0.208. The van der Waals surface area contributed by atoms with E-state index >= 15 is 0 Å². The molecule has 3 N–H and O–H groups in total. The van der Waals surface area contributed by atoms with E-state index in [9.17, 15) is 9.59 Å². The van der Waals surface area contributed by atoms with Crippen LogP contribution < -0.4 is 5.32 Å². The van der Waals surface area contributed by atoms with Gasteiger partial charge in [0.25, 0.3) is 5.91 Å². The van der Waals surface area contributed by atoms with Crippen LogP contribution in [0.5, 0.6) is 0 Å². The molecular weight excluding hydrogens is 312 g/mol. The van der Waals surface area contributed by atoms with Gasteiger partial charge < -0.3 is 15.2 Å². The Balaban J connectivity index is 1.70. The van der Waals surface area contributed by atoms with Gasteiger partial charge >= 0.3 is 5.97 Å². The van der Waals surface area contributed by atoms with E-state index in [-0.39, 0.29) is 11.8 Å². The monoisotopic (exact) mass is 330 g/mol. The molecular formula is C16H18N4O4. The van der Waals surface area contributed by atoms with E-state index in [1.165, 1.54) is 0 Å². The molecule has 1 aliphatic rings. The van der Waals surface area contributed by atoms with E-state index in [0.29, 0.717) is 23.8 Å². The number of aromatic nitrogens is 3. The molecule has 3 atom stereocenters. The van der Waals surface area contributed by atoms with Crippen molar-refractivity contribution in [2.75, 3.05) is 5.32 Å². The lowest BCUT2D eigenvalue weighted by atomic mass is 10.0. The van der Waals surface area contributed by atoms with E-state index in [2.05, 4.69) is 20.5 Å². The molecule has 0 aliphatic carbocycles. The predicted molar refractivity (Wildman–Crippen MR) is 85.3 cm³/mol. The Morgan fingerprint density at radius 2 is 2.21 bits per heavy atom. The number of aromatic amines is 1. The van der Waals surface area contributed by atoms with Crippen molar-refractivity contribution in [1.29, 1.82) is 0 Å². The van der Waals surface area contributed by atoms with Crippen LogP contribution in [0.2, 0.25) is 0 Å². The summed E-state index contributed by atoms with van der Waals surface area (Å²) in [6.07, 6.45) is -1.33. The van der Waals surface area contributed by atoms with Gasteiger partial charge in [0, 0.05) is 11.3 Å². The third-order valence-electron chi connectivity index (χ3n) is 3.93. The number of hydrogen-bond acceptors (Lipinski definition) is 5. The lowest BCUT2D eigenvalue weighted by Crippen LogP contribution is -2.30. The highest BCUT2D eigenvalue weighted by Gasteiger charge is 2.40. The average molecular weight is 330 g/mol. The summed E-state index contributed by atoms with van der Waals surface area (Å²) in [5, 5.41) is 18.7.